The molecule has 1 rings (SSSR count). The van der Waals surface area contributed by atoms with E-state index < -0.39 is 17.4 Å². The van der Waals surface area contributed by atoms with Gasteiger partial charge in [-0.2, -0.15) is 0 Å². The molecule has 0 fully saturated rings. The first-order chi connectivity index (χ1) is 9.19. The summed E-state index contributed by atoms with van der Waals surface area (Å²) in [4.78, 5) is 22.7. The Morgan fingerprint density at radius 2 is 1.95 bits per heavy atom. The SMILES string of the molecule is COc1cc(SCC(C)(C)C(=O)O)c(Cl)cc1C(=O)O. The standard InChI is InChI=1S/C13H15ClO5S/c1-13(2,12(17)18)6-20-10-5-9(19-3)7(11(15)16)4-8(10)14/h4-5H,6H2,1-3H3,(H,15,16)(H,17,18). The van der Waals surface area contributed by atoms with Gasteiger partial charge < -0.3 is 14.9 Å². The maximum atomic E-state index is 11.0. The molecular formula is C13H15ClO5S. The summed E-state index contributed by atoms with van der Waals surface area (Å²) in [6.07, 6.45) is 0. The maximum absolute atomic E-state index is 11.0. The molecular weight excluding hydrogens is 304 g/mol. The highest BCUT2D eigenvalue weighted by Crippen LogP contribution is 2.36. The van der Waals surface area contributed by atoms with Gasteiger partial charge in [0.2, 0.25) is 0 Å². The molecule has 1 aromatic rings. The second-order valence-corrected chi connectivity index (χ2v) is 6.19. The number of aromatic carboxylic acids is 1. The van der Waals surface area contributed by atoms with Crippen LogP contribution in [0.1, 0.15) is 24.2 Å². The van der Waals surface area contributed by atoms with Crippen LogP contribution in [0.5, 0.6) is 5.75 Å². The number of carbonyl (C=O) groups is 2. The summed E-state index contributed by atoms with van der Waals surface area (Å²) in [5.74, 6) is -1.55. The summed E-state index contributed by atoms with van der Waals surface area (Å²) >= 11 is 7.27. The lowest BCUT2D eigenvalue weighted by atomic mass is 9.97. The summed E-state index contributed by atoms with van der Waals surface area (Å²) < 4.78 is 5.01. The number of ether oxygens (including phenoxy) is 1. The minimum absolute atomic E-state index is 0.0284. The van der Waals surface area contributed by atoms with Gasteiger partial charge in [0.1, 0.15) is 11.3 Å². The molecule has 7 heteroatoms. The third-order valence-corrected chi connectivity index (χ3v) is 4.59. The number of carboxylic acid groups (broad SMARTS) is 2. The van der Waals surface area contributed by atoms with Gasteiger partial charge in [0.25, 0.3) is 0 Å². The monoisotopic (exact) mass is 318 g/mol. The van der Waals surface area contributed by atoms with Crippen LogP contribution in [0.3, 0.4) is 0 Å². The molecule has 2 N–H and O–H groups in total. The molecule has 0 aliphatic rings. The lowest BCUT2D eigenvalue weighted by Gasteiger charge is -2.19. The van der Waals surface area contributed by atoms with Crippen LogP contribution < -0.4 is 4.74 Å². The zero-order valence-corrected chi connectivity index (χ0v) is 12.8. The lowest BCUT2D eigenvalue weighted by molar-refractivity contribution is -0.145. The predicted octanol–water partition coefficient (Wildman–Crippen LogP) is 3.25. The van der Waals surface area contributed by atoms with Crippen molar-refractivity contribution in [1.29, 1.82) is 0 Å². The first-order valence-electron chi connectivity index (χ1n) is 5.66. The number of halogens is 1. The van der Waals surface area contributed by atoms with Gasteiger partial charge in [-0.25, -0.2) is 4.79 Å². The van der Waals surface area contributed by atoms with Crippen LogP contribution in [0.15, 0.2) is 17.0 Å². The zero-order valence-electron chi connectivity index (χ0n) is 11.3. The first-order valence-corrected chi connectivity index (χ1v) is 7.02. The van der Waals surface area contributed by atoms with Crippen molar-refractivity contribution >= 4 is 35.3 Å². The topological polar surface area (TPSA) is 83.8 Å². The summed E-state index contributed by atoms with van der Waals surface area (Å²) in [6, 6.07) is 2.81. The molecule has 0 bridgehead atoms. The maximum Gasteiger partial charge on any atom is 0.339 e. The quantitative estimate of drug-likeness (QED) is 0.783. The fraction of sp³-hybridized carbons (Fsp3) is 0.385. The van der Waals surface area contributed by atoms with Gasteiger partial charge in [0.15, 0.2) is 0 Å². The van der Waals surface area contributed by atoms with Gasteiger partial charge in [0, 0.05) is 10.6 Å². The molecule has 5 nitrogen and oxygen atoms in total. The summed E-state index contributed by atoms with van der Waals surface area (Å²) in [7, 11) is 1.37. The van der Waals surface area contributed by atoms with Crippen LogP contribution in [0.2, 0.25) is 5.02 Å². The van der Waals surface area contributed by atoms with Crippen LogP contribution in [0.4, 0.5) is 0 Å². The van der Waals surface area contributed by atoms with E-state index in [9.17, 15) is 9.59 Å². The third-order valence-electron chi connectivity index (χ3n) is 2.65. The van der Waals surface area contributed by atoms with Crippen molar-refractivity contribution in [3.63, 3.8) is 0 Å². The minimum atomic E-state index is -1.13. The molecule has 0 unspecified atom stereocenters. The Morgan fingerprint density at radius 1 is 1.35 bits per heavy atom. The molecule has 0 atom stereocenters. The summed E-state index contributed by atoms with van der Waals surface area (Å²) in [6.45, 7) is 3.22. The highest BCUT2D eigenvalue weighted by Gasteiger charge is 2.28. The van der Waals surface area contributed by atoms with Crippen LogP contribution in [-0.2, 0) is 4.79 Å². The highest BCUT2D eigenvalue weighted by molar-refractivity contribution is 7.99. The first kappa shape index (κ1) is 16.7. The van der Waals surface area contributed by atoms with E-state index in [1.165, 1.54) is 31.0 Å². The number of thioether (sulfide) groups is 1. The Hall–Kier alpha value is -1.40. The Labute approximate surface area is 125 Å². The molecule has 1 aromatic carbocycles. The fourth-order valence-corrected chi connectivity index (χ4v) is 2.66. The molecule has 0 saturated carbocycles. The molecule has 20 heavy (non-hydrogen) atoms. The van der Waals surface area contributed by atoms with Crippen molar-refractivity contribution in [2.45, 2.75) is 18.7 Å². The largest absolute Gasteiger partial charge is 0.496 e. The molecule has 0 spiro atoms. The number of rotatable bonds is 6. The normalized spacial score (nSPS) is 11.2. The number of carboxylic acids is 2. The molecule has 0 aromatic heterocycles. The van der Waals surface area contributed by atoms with Crippen molar-refractivity contribution in [2.24, 2.45) is 5.41 Å². The van der Waals surface area contributed by atoms with Crippen molar-refractivity contribution < 1.29 is 24.5 Å². The van der Waals surface area contributed by atoms with Gasteiger partial charge in [-0.1, -0.05) is 11.6 Å². The number of methoxy groups -OCH3 is 1. The summed E-state index contributed by atoms with van der Waals surface area (Å²) in [5.41, 5.74) is -0.938. The fourth-order valence-electron chi connectivity index (χ4n) is 1.30. The summed E-state index contributed by atoms with van der Waals surface area (Å²) in [5, 5.41) is 18.3. The van der Waals surface area contributed by atoms with Crippen molar-refractivity contribution in [1.82, 2.24) is 0 Å². The smallest absolute Gasteiger partial charge is 0.339 e. The van der Waals surface area contributed by atoms with Gasteiger partial charge >= 0.3 is 11.9 Å². The van der Waals surface area contributed by atoms with E-state index in [1.54, 1.807) is 13.8 Å². The van der Waals surface area contributed by atoms with Gasteiger partial charge in [-0.3, -0.25) is 4.79 Å². The van der Waals surface area contributed by atoms with Crippen LogP contribution in [-0.4, -0.2) is 35.0 Å². The van der Waals surface area contributed by atoms with Gasteiger partial charge in [-0.05, 0) is 26.0 Å². The predicted molar refractivity (Wildman–Crippen MR) is 77.1 cm³/mol. The second kappa shape index (κ2) is 6.37. The van der Waals surface area contributed by atoms with Crippen LogP contribution >= 0.6 is 23.4 Å². The van der Waals surface area contributed by atoms with Gasteiger partial charge in [-0.15, -0.1) is 11.8 Å². The van der Waals surface area contributed by atoms with E-state index in [2.05, 4.69) is 0 Å². The van der Waals surface area contributed by atoms with E-state index in [4.69, 9.17) is 26.6 Å². The van der Waals surface area contributed by atoms with Crippen molar-refractivity contribution in [2.75, 3.05) is 12.9 Å². The Balaban J connectivity index is 3.03. The van der Waals surface area contributed by atoms with E-state index in [0.29, 0.717) is 10.6 Å². The van der Waals surface area contributed by atoms with Gasteiger partial charge in [0.05, 0.1) is 17.5 Å². The average molecular weight is 319 g/mol. The second-order valence-electron chi connectivity index (χ2n) is 4.77. The lowest BCUT2D eigenvalue weighted by Crippen LogP contribution is -2.26. The van der Waals surface area contributed by atoms with Crippen LogP contribution in [0, 0.1) is 5.41 Å². The molecule has 0 aliphatic heterocycles. The zero-order chi connectivity index (χ0) is 15.5. The molecule has 0 radical (unpaired) electrons. The molecule has 0 heterocycles. The third kappa shape index (κ3) is 3.80. The minimum Gasteiger partial charge on any atom is -0.496 e. The molecule has 0 saturated heterocycles. The number of hydrogen-bond donors (Lipinski definition) is 2. The van der Waals surface area contributed by atoms with Crippen molar-refractivity contribution in [3.05, 3.63) is 22.7 Å². The van der Waals surface area contributed by atoms with E-state index in [0.717, 1.165) is 0 Å². The molecule has 0 amide bonds. The van der Waals surface area contributed by atoms with E-state index >= 15 is 0 Å². The Kier molecular flexibility index (Phi) is 5.30. The van der Waals surface area contributed by atoms with Crippen molar-refractivity contribution in [3.8, 4) is 5.75 Å². The number of benzene rings is 1. The van der Waals surface area contributed by atoms with E-state index in [-0.39, 0.29) is 16.3 Å². The van der Waals surface area contributed by atoms with E-state index in [1.807, 2.05) is 0 Å². The highest BCUT2D eigenvalue weighted by atomic mass is 35.5. The Bertz CT molecular complexity index is 542. The Morgan fingerprint density at radius 3 is 2.40 bits per heavy atom. The van der Waals surface area contributed by atoms with Crippen LogP contribution in [0.25, 0.3) is 0 Å². The average Bonchev–Trinajstić information content (AvgIpc) is 2.36. The molecule has 0 aliphatic carbocycles. The number of aliphatic carboxylic acids is 1. The number of hydrogen-bond acceptors (Lipinski definition) is 4. The molecule has 110 valence electrons.